The van der Waals surface area contributed by atoms with Crippen molar-refractivity contribution in [3.63, 3.8) is 0 Å². The highest BCUT2D eigenvalue weighted by Gasteiger charge is 2.40. The Morgan fingerprint density at radius 3 is 2.05 bits per heavy atom. The van der Waals surface area contributed by atoms with Gasteiger partial charge >= 0.3 is 0 Å². The minimum atomic E-state index is -1.86. The van der Waals surface area contributed by atoms with Gasteiger partial charge in [0.2, 0.25) is 0 Å². The molecule has 0 saturated carbocycles. The number of likely N-dealkylation sites (N-methyl/N-ethyl adjacent to an activating group) is 1. The number of carbonyl (C=O) groups excluding carboxylic acids is 2. The monoisotopic (exact) mass is 303 g/mol. The molecule has 0 aliphatic carbocycles. The molecule has 0 spiro atoms. The molecule has 0 rings (SSSR count). The Hall–Kier alpha value is -0.980. The first-order chi connectivity index (χ1) is 9.60. The van der Waals surface area contributed by atoms with Gasteiger partial charge in [0.25, 0.3) is 0 Å². The Bertz CT molecular complexity index is 337. The number of aliphatic carboxylic acids is 1. The van der Waals surface area contributed by atoms with Crippen molar-refractivity contribution in [2.24, 2.45) is 0 Å². The second-order valence-corrected chi connectivity index (χ2v) is 6.69. The van der Waals surface area contributed by atoms with Crippen molar-refractivity contribution in [3.8, 4) is 0 Å². The summed E-state index contributed by atoms with van der Waals surface area (Å²) in [4.78, 5) is 23.0. The number of ketones is 1. The van der Waals surface area contributed by atoms with E-state index >= 15 is 0 Å². The van der Waals surface area contributed by atoms with Crippen LogP contribution < -0.4 is 5.11 Å². The van der Waals surface area contributed by atoms with Crippen LogP contribution in [-0.2, 0) is 9.59 Å². The van der Waals surface area contributed by atoms with Crippen molar-refractivity contribution in [1.29, 1.82) is 0 Å². The van der Waals surface area contributed by atoms with Gasteiger partial charge in [0, 0.05) is 25.4 Å². The Morgan fingerprint density at radius 1 is 1.05 bits per heavy atom. The number of nitrogens with zero attached hydrogens (tertiary/aromatic N) is 1. The molecule has 0 fully saturated rings. The normalized spacial score (nSPS) is 14.7. The molecular weight excluding hydrogens is 274 g/mol. The molecule has 0 aromatic rings. The molecule has 0 saturated heterocycles. The second kappa shape index (κ2) is 9.12. The molecular formula is C15H29NO5. The molecule has 0 aliphatic rings. The van der Waals surface area contributed by atoms with Crippen LogP contribution in [0.2, 0.25) is 0 Å². The molecule has 0 amide bonds. The molecule has 0 bridgehead atoms. The standard InChI is InChI=1S/C15H29NO5/c1-16(2,3)12-15(21,11-14(19)20)13(18)9-7-5-4-6-8-10-17/h17,21H,4-12H2,1-3H3. The van der Waals surface area contributed by atoms with Crippen LogP contribution in [0, 0.1) is 0 Å². The minimum Gasteiger partial charge on any atom is -0.550 e. The summed E-state index contributed by atoms with van der Waals surface area (Å²) in [6, 6.07) is 0. The summed E-state index contributed by atoms with van der Waals surface area (Å²) < 4.78 is 0.298. The Morgan fingerprint density at radius 2 is 1.57 bits per heavy atom. The van der Waals surface area contributed by atoms with Crippen molar-refractivity contribution < 1.29 is 29.4 Å². The number of aliphatic hydroxyl groups is 2. The third-order valence-corrected chi connectivity index (χ3v) is 3.25. The van der Waals surface area contributed by atoms with Crippen LogP contribution in [0.1, 0.15) is 44.9 Å². The number of hydrogen-bond donors (Lipinski definition) is 2. The Labute approximate surface area is 127 Å². The third kappa shape index (κ3) is 9.55. The summed E-state index contributed by atoms with van der Waals surface area (Å²) in [5.41, 5.74) is -1.86. The topological polar surface area (TPSA) is 97.7 Å². The van der Waals surface area contributed by atoms with Gasteiger partial charge in [0.15, 0.2) is 11.4 Å². The quantitative estimate of drug-likeness (QED) is 0.373. The highest BCUT2D eigenvalue weighted by Crippen LogP contribution is 2.19. The van der Waals surface area contributed by atoms with Gasteiger partial charge in [0.05, 0.1) is 21.1 Å². The zero-order valence-electron chi connectivity index (χ0n) is 13.4. The van der Waals surface area contributed by atoms with Gasteiger partial charge in [0.1, 0.15) is 6.54 Å². The van der Waals surface area contributed by atoms with Gasteiger partial charge in [-0.05, 0) is 12.8 Å². The van der Waals surface area contributed by atoms with Crippen LogP contribution in [0.25, 0.3) is 0 Å². The van der Waals surface area contributed by atoms with Gasteiger partial charge in [-0.2, -0.15) is 0 Å². The molecule has 6 heteroatoms. The number of aliphatic hydroxyl groups excluding tert-OH is 1. The fourth-order valence-corrected chi connectivity index (χ4v) is 2.43. The van der Waals surface area contributed by atoms with Crippen molar-refractivity contribution >= 4 is 11.8 Å². The Balaban J connectivity index is 4.42. The summed E-state index contributed by atoms with van der Waals surface area (Å²) in [5.74, 6) is -1.84. The van der Waals surface area contributed by atoms with E-state index in [1.807, 2.05) is 0 Å². The first-order valence-electron chi connectivity index (χ1n) is 7.47. The summed E-state index contributed by atoms with van der Waals surface area (Å²) in [6.07, 6.45) is 3.54. The van der Waals surface area contributed by atoms with Gasteiger partial charge < -0.3 is 24.6 Å². The largest absolute Gasteiger partial charge is 0.550 e. The van der Waals surface area contributed by atoms with E-state index in [0.717, 1.165) is 25.7 Å². The maximum Gasteiger partial charge on any atom is 0.177 e. The molecule has 0 radical (unpaired) electrons. The van der Waals surface area contributed by atoms with E-state index in [0.29, 0.717) is 10.9 Å². The summed E-state index contributed by atoms with van der Waals surface area (Å²) >= 11 is 0. The van der Waals surface area contributed by atoms with Crippen LogP contribution in [0.15, 0.2) is 0 Å². The third-order valence-electron chi connectivity index (χ3n) is 3.25. The lowest BCUT2D eigenvalue weighted by Gasteiger charge is -2.34. The van der Waals surface area contributed by atoms with Crippen molar-refractivity contribution in [3.05, 3.63) is 0 Å². The second-order valence-electron chi connectivity index (χ2n) is 6.69. The van der Waals surface area contributed by atoms with E-state index in [1.165, 1.54) is 0 Å². The van der Waals surface area contributed by atoms with Gasteiger partial charge in [-0.25, -0.2) is 0 Å². The average molecular weight is 303 g/mol. The van der Waals surface area contributed by atoms with E-state index in [9.17, 15) is 19.8 Å². The van der Waals surface area contributed by atoms with Crippen LogP contribution >= 0.6 is 0 Å². The highest BCUT2D eigenvalue weighted by molar-refractivity contribution is 5.90. The lowest BCUT2D eigenvalue weighted by atomic mass is 9.89. The van der Waals surface area contributed by atoms with Crippen LogP contribution in [-0.4, -0.2) is 66.3 Å². The van der Waals surface area contributed by atoms with Crippen LogP contribution in [0.4, 0.5) is 0 Å². The van der Waals surface area contributed by atoms with Crippen molar-refractivity contribution in [1.82, 2.24) is 0 Å². The molecule has 21 heavy (non-hydrogen) atoms. The first-order valence-corrected chi connectivity index (χ1v) is 7.47. The first kappa shape index (κ1) is 20.0. The molecule has 124 valence electrons. The number of carbonyl (C=O) groups is 2. The molecule has 6 nitrogen and oxygen atoms in total. The number of quaternary nitrogens is 1. The number of carboxylic acids is 1. The van der Waals surface area contributed by atoms with Gasteiger partial charge in [-0.15, -0.1) is 0 Å². The maximum absolute atomic E-state index is 12.2. The average Bonchev–Trinajstić information content (AvgIpc) is 2.29. The molecule has 1 atom stereocenters. The number of Topliss-reactive ketones (excluding diaryl/α,β-unsaturated/α-hetero) is 1. The van der Waals surface area contributed by atoms with E-state index in [2.05, 4.69) is 0 Å². The number of hydrogen-bond acceptors (Lipinski definition) is 5. The molecule has 0 aromatic heterocycles. The predicted molar refractivity (Wildman–Crippen MR) is 77.3 cm³/mol. The zero-order valence-corrected chi connectivity index (χ0v) is 13.4. The maximum atomic E-state index is 12.2. The Kier molecular flexibility index (Phi) is 8.70. The number of unbranched alkanes of at least 4 members (excludes halogenated alkanes) is 4. The van der Waals surface area contributed by atoms with E-state index in [4.69, 9.17) is 5.11 Å². The van der Waals surface area contributed by atoms with Crippen molar-refractivity contribution in [2.45, 2.75) is 50.5 Å². The molecule has 1 unspecified atom stereocenters. The van der Waals surface area contributed by atoms with Gasteiger partial charge in [-0.3, -0.25) is 4.79 Å². The van der Waals surface area contributed by atoms with E-state index in [1.54, 1.807) is 21.1 Å². The zero-order chi connectivity index (χ0) is 16.5. The smallest absolute Gasteiger partial charge is 0.177 e. The van der Waals surface area contributed by atoms with Crippen molar-refractivity contribution in [2.75, 3.05) is 34.3 Å². The lowest BCUT2D eigenvalue weighted by molar-refractivity contribution is -0.875. The number of rotatable bonds is 12. The molecule has 2 N–H and O–H groups in total. The summed E-state index contributed by atoms with van der Waals surface area (Å²) in [6.45, 7) is 0.220. The molecule has 0 heterocycles. The van der Waals surface area contributed by atoms with E-state index in [-0.39, 0.29) is 19.6 Å². The number of carboxylic acid groups (broad SMARTS) is 1. The SMILES string of the molecule is C[N+](C)(C)CC(O)(CC(=O)[O-])C(=O)CCCCCCCO. The predicted octanol–water partition coefficient (Wildman–Crippen LogP) is -0.534. The fourth-order valence-electron chi connectivity index (χ4n) is 2.43. The van der Waals surface area contributed by atoms with Crippen LogP contribution in [0.3, 0.4) is 0 Å². The lowest BCUT2D eigenvalue weighted by Crippen LogP contribution is -2.56. The molecule has 0 aliphatic heterocycles. The summed E-state index contributed by atoms with van der Waals surface area (Å²) in [7, 11) is 5.38. The fraction of sp³-hybridized carbons (Fsp3) is 0.867. The highest BCUT2D eigenvalue weighted by atomic mass is 16.4. The van der Waals surface area contributed by atoms with Crippen LogP contribution in [0.5, 0.6) is 0 Å². The molecule has 0 aromatic carbocycles. The van der Waals surface area contributed by atoms with E-state index < -0.39 is 23.8 Å². The minimum absolute atomic E-state index is 0.0460. The van der Waals surface area contributed by atoms with Gasteiger partial charge in [-0.1, -0.05) is 19.3 Å². The summed E-state index contributed by atoms with van der Waals surface area (Å²) in [5, 5.41) is 29.9.